The molecule has 0 amide bonds. The van der Waals surface area contributed by atoms with Crippen molar-refractivity contribution in [3.63, 3.8) is 0 Å². The van der Waals surface area contributed by atoms with Crippen LogP contribution < -0.4 is 5.32 Å². The van der Waals surface area contributed by atoms with Crippen molar-refractivity contribution in [3.8, 4) is 0 Å². The van der Waals surface area contributed by atoms with E-state index in [-0.39, 0.29) is 0 Å². The van der Waals surface area contributed by atoms with Crippen LogP contribution in [0.25, 0.3) is 0 Å². The Morgan fingerprint density at radius 1 is 0.938 bits per heavy atom. The predicted molar refractivity (Wildman–Crippen MR) is 69.7 cm³/mol. The standard InChI is InChI=1S/C14H28N2/c1-2-4-10-16(11-5-3-1)12-8-14-7-6-9-15-13-14/h14-15H,1-13H2/t14-/m0/s1. The van der Waals surface area contributed by atoms with Crippen molar-refractivity contribution in [1.29, 1.82) is 0 Å². The fourth-order valence-corrected chi connectivity index (χ4v) is 3.07. The number of rotatable bonds is 3. The minimum atomic E-state index is 0.958. The van der Waals surface area contributed by atoms with Gasteiger partial charge in [0.1, 0.15) is 0 Å². The summed E-state index contributed by atoms with van der Waals surface area (Å²) in [7, 11) is 0. The van der Waals surface area contributed by atoms with Gasteiger partial charge in [-0.25, -0.2) is 0 Å². The lowest BCUT2D eigenvalue weighted by Crippen LogP contribution is -2.34. The molecule has 0 saturated carbocycles. The highest BCUT2D eigenvalue weighted by Crippen LogP contribution is 2.16. The lowest BCUT2D eigenvalue weighted by atomic mass is 9.96. The molecule has 1 atom stereocenters. The Morgan fingerprint density at radius 3 is 2.38 bits per heavy atom. The molecule has 2 rings (SSSR count). The number of likely N-dealkylation sites (tertiary alicyclic amines) is 1. The summed E-state index contributed by atoms with van der Waals surface area (Å²) >= 11 is 0. The zero-order valence-electron chi connectivity index (χ0n) is 10.7. The van der Waals surface area contributed by atoms with Crippen LogP contribution in [-0.2, 0) is 0 Å². The number of nitrogens with one attached hydrogen (secondary N) is 1. The van der Waals surface area contributed by atoms with Gasteiger partial charge in [0.15, 0.2) is 0 Å². The Kier molecular flexibility index (Phi) is 5.64. The molecule has 0 spiro atoms. The van der Waals surface area contributed by atoms with Crippen molar-refractivity contribution in [1.82, 2.24) is 10.2 Å². The molecule has 94 valence electrons. The number of piperidine rings is 1. The van der Waals surface area contributed by atoms with Gasteiger partial charge in [-0.05, 0) is 70.7 Å². The van der Waals surface area contributed by atoms with Crippen LogP contribution in [0, 0.1) is 5.92 Å². The quantitative estimate of drug-likeness (QED) is 0.793. The van der Waals surface area contributed by atoms with E-state index in [1.807, 2.05) is 0 Å². The van der Waals surface area contributed by atoms with Gasteiger partial charge >= 0.3 is 0 Å². The summed E-state index contributed by atoms with van der Waals surface area (Å²) in [5.74, 6) is 0.958. The molecule has 2 saturated heterocycles. The Bertz CT molecular complexity index is 168. The molecule has 0 radical (unpaired) electrons. The van der Waals surface area contributed by atoms with E-state index in [0.29, 0.717) is 0 Å². The maximum atomic E-state index is 3.53. The molecule has 2 heterocycles. The average Bonchev–Trinajstić information content (AvgIpc) is 2.29. The van der Waals surface area contributed by atoms with Crippen LogP contribution in [0.5, 0.6) is 0 Å². The molecule has 2 aliphatic rings. The van der Waals surface area contributed by atoms with Crippen LogP contribution in [0.4, 0.5) is 0 Å². The molecular formula is C14H28N2. The first-order chi connectivity index (χ1) is 7.95. The normalized spacial score (nSPS) is 29.6. The summed E-state index contributed by atoms with van der Waals surface area (Å²) < 4.78 is 0. The van der Waals surface area contributed by atoms with Gasteiger partial charge in [-0.3, -0.25) is 0 Å². The van der Waals surface area contributed by atoms with Crippen LogP contribution >= 0.6 is 0 Å². The molecule has 0 aliphatic carbocycles. The highest BCUT2D eigenvalue weighted by atomic mass is 15.1. The zero-order valence-corrected chi connectivity index (χ0v) is 10.7. The van der Waals surface area contributed by atoms with Gasteiger partial charge in [-0.2, -0.15) is 0 Å². The summed E-state index contributed by atoms with van der Waals surface area (Å²) in [6, 6.07) is 0. The molecule has 2 nitrogen and oxygen atoms in total. The number of hydrogen-bond acceptors (Lipinski definition) is 2. The molecular weight excluding hydrogens is 196 g/mol. The third-order valence-electron chi connectivity index (χ3n) is 4.20. The first kappa shape index (κ1) is 12.4. The second-order valence-corrected chi connectivity index (χ2v) is 5.61. The lowest BCUT2D eigenvalue weighted by Gasteiger charge is -2.28. The van der Waals surface area contributed by atoms with E-state index >= 15 is 0 Å². The fraction of sp³-hybridized carbons (Fsp3) is 1.00. The van der Waals surface area contributed by atoms with Crippen molar-refractivity contribution in [2.45, 2.75) is 51.4 Å². The van der Waals surface area contributed by atoms with Crippen LogP contribution in [0.3, 0.4) is 0 Å². The fourth-order valence-electron chi connectivity index (χ4n) is 3.07. The summed E-state index contributed by atoms with van der Waals surface area (Å²) in [4.78, 5) is 2.72. The second-order valence-electron chi connectivity index (χ2n) is 5.61. The lowest BCUT2D eigenvalue weighted by molar-refractivity contribution is 0.219. The van der Waals surface area contributed by atoms with Crippen LogP contribution in [0.1, 0.15) is 51.4 Å². The van der Waals surface area contributed by atoms with E-state index in [0.717, 1.165) is 5.92 Å². The minimum Gasteiger partial charge on any atom is -0.316 e. The molecule has 2 heteroatoms. The molecule has 0 bridgehead atoms. The topological polar surface area (TPSA) is 15.3 Å². The largest absolute Gasteiger partial charge is 0.316 e. The Morgan fingerprint density at radius 2 is 1.69 bits per heavy atom. The van der Waals surface area contributed by atoms with Gasteiger partial charge in [0.2, 0.25) is 0 Å². The molecule has 0 aromatic heterocycles. The predicted octanol–water partition coefficient (Wildman–Crippen LogP) is 2.64. The van der Waals surface area contributed by atoms with Crippen molar-refractivity contribution in [3.05, 3.63) is 0 Å². The number of hydrogen-bond donors (Lipinski definition) is 1. The van der Waals surface area contributed by atoms with Gasteiger partial charge in [0.25, 0.3) is 0 Å². The van der Waals surface area contributed by atoms with E-state index in [9.17, 15) is 0 Å². The Balaban J connectivity index is 1.62. The van der Waals surface area contributed by atoms with E-state index in [4.69, 9.17) is 0 Å². The molecule has 2 fully saturated rings. The second kappa shape index (κ2) is 7.29. The zero-order chi connectivity index (χ0) is 11.1. The summed E-state index contributed by atoms with van der Waals surface area (Å²) in [6.45, 7) is 6.60. The van der Waals surface area contributed by atoms with Gasteiger partial charge < -0.3 is 10.2 Å². The molecule has 0 aromatic carbocycles. The Hall–Kier alpha value is -0.0800. The van der Waals surface area contributed by atoms with Crippen molar-refractivity contribution in [2.75, 3.05) is 32.7 Å². The highest BCUT2D eigenvalue weighted by Gasteiger charge is 2.15. The van der Waals surface area contributed by atoms with E-state index in [1.54, 1.807) is 0 Å². The summed E-state index contributed by atoms with van der Waals surface area (Å²) in [5, 5.41) is 3.53. The van der Waals surface area contributed by atoms with Crippen LogP contribution in [-0.4, -0.2) is 37.6 Å². The van der Waals surface area contributed by atoms with Crippen LogP contribution in [0.15, 0.2) is 0 Å². The van der Waals surface area contributed by atoms with Gasteiger partial charge in [-0.15, -0.1) is 0 Å². The monoisotopic (exact) mass is 224 g/mol. The van der Waals surface area contributed by atoms with E-state index < -0.39 is 0 Å². The maximum Gasteiger partial charge on any atom is -0.00156 e. The third kappa shape index (κ3) is 4.42. The molecule has 1 N–H and O–H groups in total. The van der Waals surface area contributed by atoms with Gasteiger partial charge in [-0.1, -0.05) is 19.3 Å². The molecule has 2 aliphatic heterocycles. The van der Waals surface area contributed by atoms with Crippen LogP contribution in [0.2, 0.25) is 0 Å². The Labute approximate surface area is 101 Å². The molecule has 0 aromatic rings. The van der Waals surface area contributed by atoms with E-state index in [1.165, 1.54) is 84.1 Å². The van der Waals surface area contributed by atoms with Crippen molar-refractivity contribution >= 4 is 0 Å². The van der Waals surface area contributed by atoms with Crippen molar-refractivity contribution < 1.29 is 0 Å². The van der Waals surface area contributed by atoms with E-state index in [2.05, 4.69) is 10.2 Å². The summed E-state index contributed by atoms with van der Waals surface area (Å²) in [6.07, 6.45) is 11.5. The third-order valence-corrected chi connectivity index (χ3v) is 4.20. The van der Waals surface area contributed by atoms with Gasteiger partial charge in [0.05, 0.1) is 0 Å². The average molecular weight is 224 g/mol. The first-order valence-corrected chi connectivity index (χ1v) is 7.38. The number of nitrogens with zero attached hydrogens (tertiary/aromatic N) is 1. The van der Waals surface area contributed by atoms with Crippen molar-refractivity contribution in [2.24, 2.45) is 5.92 Å². The highest BCUT2D eigenvalue weighted by molar-refractivity contribution is 4.71. The molecule has 16 heavy (non-hydrogen) atoms. The smallest absolute Gasteiger partial charge is 0.00156 e. The van der Waals surface area contributed by atoms with Gasteiger partial charge in [0, 0.05) is 0 Å². The molecule has 0 unspecified atom stereocenters. The SMILES string of the molecule is C1CCCN(CC[C@@H]2CCCNC2)CCC1. The first-order valence-electron chi connectivity index (χ1n) is 7.38. The minimum absolute atomic E-state index is 0.958. The summed E-state index contributed by atoms with van der Waals surface area (Å²) in [5.41, 5.74) is 0. The maximum absolute atomic E-state index is 3.53.